The van der Waals surface area contributed by atoms with Gasteiger partial charge in [0.2, 0.25) is 0 Å². The average molecular weight is 600 g/mol. The molecule has 2 aromatic rings. The van der Waals surface area contributed by atoms with E-state index in [9.17, 15) is 32.8 Å². The third-order valence-electron chi connectivity index (χ3n) is 5.47. The molecule has 0 bridgehead atoms. The molecule has 6 atom stereocenters. The Morgan fingerprint density at radius 1 is 1.28 bits per heavy atom. The Kier molecular flexibility index (Phi) is 9.68. The minimum absolute atomic E-state index is 0.0487. The van der Waals surface area contributed by atoms with Crippen molar-refractivity contribution in [3.05, 3.63) is 62.4 Å². The van der Waals surface area contributed by atoms with Crippen LogP contribution in [0.25, 0.3) is 0 Å². The van der Waals surface area contributed by atoms with Crippen molar-refractivity contribution in [1.29, 1.82) is 0 Å². The van der Waals surface area contributed by atoms with E-state index in [1.165, 1.54) is 31.2 Å². The topological polar surface area (TPSA) is 158 Å². The Morgan fingerprint density at radius 3 is 2.51 bits per heavy atom. The van der Waals surface area contributed by atoms with Crippen molar-refractivity contribution < 1.29 is 46.2 Å². The van der Waals surface area contributed by atoms with Crippen LogP contribution in [0, 0.1) is 0 Å². The number of nitrogens with zero attached hydrogens (tertiary/aromatic N) is 1. The van der Waals surface area contributed by atoms with Gasteiger partial charge in [0, 0.05) is 6.20 Å². The number of nitrogens with one attached hydrogen (secondary N) is 2. The molecule has 39 heavy (non-hydrogen) atoms. The summed E-state index contributed by atoms with van der Waals surface area (Å²) in [5, 5.41) is 12.2. The van der Waals surface area contributed by atoms with Crippen LogP contribution in [-0.2, 0) is 23.4 Å². The first-order valence-corrected chi connectivity index (χ1v) is 13.4. The summed E-state index contributed by atoms with van der Waals surface area (Å²) in [7, 11) is -4.73. The number of benzene rings is 1. The van der Waals surface area contributed by atoms with E-state index in [0.717, 1.165) is 0 Å². The molecular formula is C22H26ClF3N3O9P. The van der Waals surface area contributed by atoms with Crippen LogP contribution in [0.4, 0.5) is 13.2 Å². The molecule has 216 valence electrons. The Bertz CT molecular complexity index is 1330. The highest BCUT2D eigenvalue weighted by Gasteiger charge is 2.62. The smallest absolute Gasteiger partial charge is 0.459 e. The number of aromatic nitrogens is 2. The van der Waals surface area contributed by atoms with Gasteiger partial charge in [-0.15, -0.1) is 0 Å². The zero-order valence-corrected chi connectivity index (χ0v) is 22.4. The maximum absolute atomic E-state index is 15.1. The van der Waals surface area contributed by atoms with E-state index in [1.54, 1.807) is 24.9 Å². The van der Waals surface area contributed by atoms with Crippen LogP contribution in [0.1, 0.15) is 27.0 Å². The van der Waals surface area contributed by atoms with Crippen molar-refractivity contribution in [3.8, 4) is 5.75 Å². The summed E-state index contributed by atoms with van der Waals surface area (Å²) in [6, 6.07) is 6.01. The molecule has 1 aromatic carbocycles. The third-order valence-corrected chi connectivity index (χ3v) is 7.36. The Morgan fingerprint density at radius 2 is 1.92 bits per heavy atom. The van der Waals surface area contributed by atoms with Crippen molar-refractivity contribution in [2.24, 2.45) is 0 Å². The molecule has 0 amide bonds. The number of hydrogen-bond acceptors (Lipinski definition) is 9. The quantitative estimate of drug-likeness (QED) is 0.259. The molecule has 0 saturated carbocycles. The maximum Gasteiger partial charge on any atom is 0.459 e. The average Bonchev–Trinajstić information content (AvgIpc) is 3.11. The highest BCUT2D eigenvalue weighted by Crippen LogP contribution is 2.49. The van der Waals surface area contributed by atoms with Gasteiger partial charge in [0.05, 0.1) is 12.7 Å². The van der Waals surface area contributed by atoms with E-state index in [4.69, 9.17) is 30.1 Å². The Labute approximate surface area is 224 Å². The molecule has 0 aliphatic carbocycles. The lowest BCUT2D eigenvalue weighted by atomic mass is 9.97. The van der Waals surface area contributed by atoms with Crippen LogP contribution < -0.4 is 20.9 Å². The van der Waals surface area contributed by atoms with Gasteiger partial charge in [0.15, 0.2) is 18.0 Å². The van der Waals surface area contributed by atoms with Crippen molar-refractivity contribution in [2.45, 2.75) is 63.4 Å². The molecule has 2 heterocycles. The number of esters is 1. The lowest BCUT2D eigenvalue weighted by molar-refractivity contribution is -0.192. The second kappa shape index (κ2) is 12.2. The molecular weight excluding hydrogens is 574 g/mol. The molecule has 1 aliphatic heterocycles. The molecule has 17 heteroatoms. The van der Waals surface area contributed by atoms with Crippen LogP contribution >= 0.6 is 19.3 Å². The summed E-state index contributed by atoms with van der Waals surface area (Å²) in [5.74, 6) is -0.920. The molecule has 3 rings (SSSR count). The highest BCUT2D eigenvalue weighted by atomic mass is 35.5. The van der Waals surface area contributed by atoms with Gasteiger partial charge < -0.3 is 19.1 Å². The SMILES string of the molecule is CC(C)OC(=O)[C@H](C)NP(=O)(OC[C@@]1(C(F)F)O[C@@H](n2cc(Cl)c(=O)[nH]c2=O)[C@H](F)[C@@H]1O)Oc1ccccc1. The summed E-state index contributed by atoms with van der Waals surface area (Å²) in [6.45, 7) is 2.95. The van der Waals surface area contributed by atoms with Crippen molar-refractivity contribution in [1.82, 2.24) is 14.6 Å². The third kappa shape index (κ3) is 6.91. The monoisotopic (exact) mass is 599 g/mol. The minimum Gasteiger partial charge on any atom is -0.462 e. The maximum atomic E-state index is 15.1. The Hall–Kier alpha value is -2.68. The normalized spacial score (nSPS) is 25.4. The summed E-state index contributed by atoms with van der Waals surface area (Å²) in [5.41, 5.74) is -5.46. The highest BCUT2D eigenvalue weighted by molar-refractivity contribution is 7.52. The van der Waals surface area contributed by atoms with E-state index in [0.29, 0.717) is 10.8 Å². The zero-order valence-electron chi connectivity index (χ0n) is 20.8. The summed E-state index contributed by atoms with van der Waals surface area (Å²) < 4.78 is 78.6. The molecule has 1 aromatic heterocycles. The number of aromatic amines is 1. The van der Waals surface area contributed by atoms with Crippen molar-refractivity contribution >= 4 is 25.3 Å². The Balaban J connectivity index is 1.92. The predicted molar refractivity (Wildman–Crippen MR) is 131 cm³/mol. The van der Waals surface area contributed by atoms with Gasteiger partial charge in [-0.1, -0.05) is 29.8 Å². The lowest BCUT2D eigenvalue weighted by Crippen LogP contribution is -2.52. The predicted octanol–water partition coefficient (Wildman–Crippen LogP) is 2.56. The zero-order chi connectivity index (χ0) is 29.1. The van der Waals surface area contributed by atoms with Crippen molar-refractivity contribution in [3.63, 3.8) is 0 Å². The van der Waals surface area contributed by atoms with Gasteiger partial charge in [-0.3, -0.25) is 23.7 Å². The number of halogens is 4. The number of aliphatic hydroxyl groups excluding tert-OH is 1. The van der Waals surface area contributed by atoms with E-state index >= 15 is 4.39 Å². The van der Waals surface area contributed by atoms with E-state index < -0.39 is 79.3 Å². The van der Waals surface area contributed by atoms with Crippen LogP contribution in [0.3, 0.4) is 0 Å². The largest absolute Gasteiger partial charge is 0.462 e. The molecule has 0 spiro atoms. The van der Waals surface area contributed by atoms with Crippen molar-refractivity contribution in [2.75, 3.05) is 6.61 Å². The van der Waals surface area contributed by atoms with Gasteiger partial charge in [-0.2, -0.15) is 5.09 Å². The summed E-state index contributed by atoms with van der Waals surface area (Å²) >= 11 is 5.67. The molecule has 1 unspecified atom stereocenters. The fraction of sp³-hybridized carbons (Fsp3) is 0.500. The first-order chi connectivity index (χ1) is 18.2. The van der Waals surface area contributed by atoms with E-state index in [1.807, 2.05) is 0 Å². The second-order valence-corrected chi connectivity index (χ2v) is 10.9. The number of rotatable bonds is 11. The number of carbonyl (C=O) groups is 1. The number of hydrogen-bond donors (Lipinski definition) is 3. The number of ether oxygens (including phenoxy) is 2. The van der Waals surface area contributed by atoms with Gasteiger partial charge in [0.1, 0.15) is 22.9 Å². The number of para-hydroxylation sites is 1. The molecule has 1 fully saturated rings. The molecule has 12 nitrogen and oxygen atoms in total. The molecule has 0 radical (unpaired) electrons. The fourth-order valence-corrected chi connectivity index (χ4v) is 5.21. The van der Waals surface area contributed by atoms with E-state index in [2.05, 4.69) is 5.09 Å². The van der Waals surface area contributed by atoms with Crippen LogP contribution in [-0.4, -0.2) is 63.7 Å². The number of H-pyrrole nitrogens is 1. The molecule has 1 saturated heterocycles. The van der Waals surface area contributed by atoms with Gasteiger partial charge >= 0.3 is 19.4 Å². The fourth-order valence-electron chi connectivity index (χ4n) is 3.53. The van der Waals surface area contributed by atoms with Crippen LogP contribution in [0.2, 0.25) is 5.02 Å². The molecule has 3 N–H and O–H groups in total. The summed E-state index contributed by atoms with van der Waals surface area (Å²) in [4.78, 5) is 37.7. The van der Waals surface area contributed by atoms with Crippen LogP contribution in [0.15, 0.2) is 46.1 Å². The van der Waals surface area contributed by atoms with Gasteiger partial charge in [-0.05, 0) is 32.9 Å². The first-order valence-electron chi connectivity index (χ1n) is 11.5. The number of alkyl halides is 3. The minimum atomic E-state index is -4.73. The first kappa shape index (κ1) is 30.9. The second-order valence-electron chi connectivity index (χ2n) is 8.81. The number of aliphatic hydroxyl groups is 1. The lowest BCUT2D eigenvalue weighted by Gasteiger charge is -2.32. The van der Waals surface area contributed by atoms with E-state index in [-0.39, 0.29) is 5.75 Å². The molecule has 1 aliphatic rings. The van der Waals surface area contributed by atoms with Gasteiger partial charge in [-0.25, -0.2) is 22.5 Å². The standard InChI is InChI=1S/C22H26ClF3N3O9P/c1-11(2)36-19(32)12(3)28-39(34,38-13-7-5-4-6-8-13)35-10-22(20(25)26)16(30)15(24)18(37-22)29-9-14(23)17(31)27-21(29)33/h4-9,11-12,15-16,18,20,30H,10H2,1-3H3,(H,28,34)(H,27,31,33)/t12-,15+,16-,18+,22+,39?/m0/s1. The van der Waals surface area contributed by atoms with Crippen LogP contribution in [0.5, 0.6) is 5.75 Å². The number of carbonyl (C=O) groups excluding carboxylic acids is 1. The summed E-state index contributed by atoms with van der Waals surface area (Å²) in [6.07, 6.45) is -11.0. The van der Waals surface area contributed by atoms with Gasteiger partial charge in [0.25, 0.3) is 12.0 Å².